The van der Waals surface area contributed by atoms with E-state index in [1.54, 1.807) is 0 Å². The van der Waals surface area contributed by atoms with Gasteiger partial charge in [0.15, 0.2) is 0 Å². The van der Waals surface area contributed by atoms with Gasteiger partial charge in [-0.25, -0.2) is 0 Å². The molecular formula is C13H23NO. The molecule has 0 bridgehead atoms. The van der Waals surface area contributed by atoms with Gasteiger partial charge in [-0.15, -0.1) is 0 Å². The second-order valence-corrected chi connectivity index (χ2v) is 5.48. The second-order valence-electron chi connectivity index (χ2n) is 5.48. The highest BCUT2D eigenvalue weighted by atomic mass is 16.1. The van der Waals surface area contributed by atoms with Crippen LogP contribution in [-0.2, 0) is 4.79 Å². The minimum atomic E-state index is 0.261. The molecular weight excluding hydrogens is 186 g/mol. The molecule has 0 aromatic rings. The Morgan fingerprint density at radius 2 is 2.20 bits per heavy atom. The zero-order valence-corrected chi connectivity index (χ0v) is 9.85. The largest absolute Gasteiger partial charge is 0.356 e. The summed E-state index contributed by atoms with van der Waals surface area (Å²) in [5, 5.41) is 3.06. The average Bonchev–Trinajstić information content (AvgIpc) is 2.46. The molecule has 86 valence electrons. The number of carbonyl (C=O) groups excluding carboxylic acids is 1. The van der Waals surface area contributed by atoms with Crippen molar-refractivity contribution in [1.82, 2.24) is 5.32 Å². The molecule has 2 aliphatic rings. The van der Waals surface area contributed by atoms with E-state index in [1.165, 1.54) is 38.5 Å². The number of carbonyl (C=O) groups is 1. The molecule has 1 saturated carbocycles. The Morgan fingerprint density at radius 3 is 2.87 bits per heavy atom. The molecule has 0 radical (unpaired) electrons. The van der Waals surface area contributed by atoms with Gasteiger partial charge >= 0.3 is 0 Å². The SMILES string of the molecule is CCC1CCCC2(CCC(=O)NC2)CC1. The van der Waals surface area contributed by atoms with Crippen molar-refractivity contribution in [2.75, 3.05) is 6.54 Å². The van der Waals surface area contributed by atoms with Crippen molar-refractivity contribution in [3.05, 3.63) is 0 Å². The number of hydrogen-bond donors (Lipinski definition) is 1. The van der Waals surface area contributed by atoms with Gasteiger partial charge < -0.3 is 5.32 Å². The lowest BCUT2D eigenvalue weighted by molar-refractivity contribution is -0.124. The Bertz CT molecular complexity index is 227. The van der Waals surface area contributed by atoms with Gasteiger partial charge in [0, 0.05) is 13.0 Å². The molecule has 2 atom stereocenters. The first-order chi connectivity index (χ1) is 7.24. The fourth-order valence-corrected chi connectivity index (χ4v) is 3.22. The fourth-order valence-electron chi connectivity index (χ4n) is 3.22. The lowest BCUT2D eigenvalue weighted by atomic mass is 9.74. The second kappa shape index (κ2) is 4.54. The lowest BCUT2D eigenvalue weighted by Crippen LogP contribution is -2.43. The van der Waals surface area contributed by atoms with Crippen molar-refractivity contribution in [2.45, 2.75) is 58.3 Å². The first kappa shape index (κ1) is 11.0. The highest BCUT2D eigenvalue weighted by Gasteiger charge is 2.35. The standard InChI is InChI=1S/C13H23NO/c1-2-11-4-3-7-13(8-5-11)9-6-12(15)14-10-13/h11H,2-10H2,1H3,(H,14,15). The molecule has 2 heteroatoms. The third kappa shape index (κ3) is 2.53. The summed E-state index contributed by atoms with van der Waals surface area (Å²) in [5.74, 6) is 1.21. The van der Waals surface area contributed by atoms with E-state index in [1.807, 2.05) is 0 Å². The molecule has 2 fully saturated rings. The normalized spacial score (nSPS) is 37.4. The van der Waals surface area contributed by atoms with E-state index in [-0.39, 0.29) is 5.91 Å². The number of amides is 1. The van der Waals surface area contributed by atoms with Crippen molar-refractivity contribution in [3.63, 3.8) is 0 Å². The quantitative estimate of drug-likeness (QED) is 0.707. The fraction of sp³-hybridized carbons (Fsp3) is 0.923. The maximum Gasteiger partial charge on any atom is 0.220 e. The Morgan fingerprint density at radius 1 is 1.33 bits per heavy atom. The maximum atomic E-state index is 11.2. The molecule has 1 heterocycles. The van der Waals surface area contributed by atoms with E-state index in [9.17, 15) is 4.79 Å². The molecule has 1 aliphatic heterocycles. The van der Waals surface area contributed by atoms with Gasteiger partial charge in [0.25, 0.3) is 0 Å². The van der Waals surface area contributed by atoms with Crippen LogP contribution in [0, 0.1) is 11.3 Å². The van der Waals surface area contributed by atoms with Crippen LogP contribution in [0.1, 0.15) is 58.3 Å². The Balaban J connectivity index is 1.94. The van der Waals surface area contributed by atoms with Crippen LogP contribution in [0.25, 0.3) is 0 Å². The molecule has 1 spiro atoms. The summed E-state index contributed by atoms with van der Waals surface area (Å²) in [5.41, 5.74) is 0.470. The van der Waals surface area contributed by atoms with E-state index >= 15 is 0 Å². The Labute approximate surface area is 92.8 Å². The monoisotopic (exact) mass is 209 g/mol. The van der Waals surface area contributed by atoms with Crippen molar-refractivity contribution in [3.8, 4) is 0 Å². The number of hydrogen-bond acceptors (Lipinski definition) is 1. The van der Waals surface area contributed by atoms with E-state index in [4.69, 9.17) is 0 Å². The minimum Gasteiger partial charge on any atom is -0.356 e. The van der Waals surface area contributed by atoms with Gasteiger partial charge in [-0.3, -0.25) is 4.79 Å². The molecule has 2 unspecified atom stereocenters. The van der Waals surface area contributed by atoms with Crippen LogP contribution in [0.5, 0.6) is 0 Å². The minimum absolute atomic E-state index is 0.261. The Kier molecular flexibility index (Phi) is 3.32. The maximum absolute atomic E-state index is 11.2. The lowest BCUT2D eigenvalue weighted by Gasteiger charge is -2.36. The summed E-state index contributed by atoms with van der Waals surface area (Å²) in [6.45, 7) is 3.26. The van der Waals surface area contributed by atoms with Crippen LogP contribution in [0.4, 0.5) is 0 Å². The van der Waals surface area contributed by atoms with Crippen LogP contribution in [0.2, 0.25) is 0 Å². The summed E-state index contributed by atoms with van der Waals surface area (Å²) in [6, 6.07) is 0. The highest BCUT2D eigenvalue weighted by molar-refractivity contribution is 5.76. The number of nitrogens with one attached hydrogen (secondary N) is 1. The predicted molar refractivity (Wildman–Crippen MR) is 61.5 cm³/mol. The molecule has 2 nitrogen and oxygen atoms in total. The predicted octanol–water partition coefficient (Wildman–Crippen LogP) is 2.87. The number of piperidine rings is 1. The molecule has 0 aromatic carbocycles. The van der Waals surface area contributed by atoms with E-state index < -0.39 is 0 Å². The summed E-state index contributed by atoms with van der Waals surface area (Å²) in [4.78, 5) is 11.2. The summed E-state index contributed by atoms with van der Waals surface area (Å²) in [6.07, 6.45) is 10.1. The van der Waals surface area contributed by atoms with E-state index in [2.05, 4.69) is 12.2 Å². The van der Waals surface area contributed by atoms with Crippen LogP contribution in [0.3, 0.4) is 0 Å². The van der Waals surface area contributed by atoms with Gasteiger partial charge in [0.1, 0.15) is 0 Å². The van der Waals surface area contributed by atoms with Gasteiger partial charge in [-0.1, -0.05) is 26.2 Å². The highest BCUT2D eigenvalue weighted by Crippen LogP contribution is 2.42. The zero-order valence-electron chi connectivity index (χ0n) is 9.85. The average molecular weight is 209 g/mol. The Hall–Kier alpha value is -0.530. The molecule has 1 aliphatic carbocycles. The van der Waals surface area contributed by atoms with Gasteiger partial charge in [0.2, 0.25) is 5.91 Å². The third-order valence-electron chi connectivity index (χ3n) is 4.52. The van der Waals surface area contributed by atoms with Crippen molar-refractivity contribution < 1.29 is 4.79 Å². The zero-order chi connectivity index (χ0) is 10.7. The molecule has 2 rings (SSSR count). The van der Waals surface area contributed by atoms with Crippen LogP contribution < -0.4 is 5.32 Å². The van der Waals surface area contributed by atoms with Crippen LogP contribution in [-0.4, -0.2) is 12.5 Å². The summed E-state index contributed by atoms with van der Waals surface area (Å²) >= 11 is 0. The molecule has 0 aromatic heterocycles. The van der Waals surface area contributed by atoms with Gasteiger partial charge in [-0.05, 0) is 37.0 Å². The van der Waals surface area contributed by atoms with Crippen molar-refractivity contribution in [2.24, 2.45) is 11.3 Å². The first-order valence-corrected chi connectivity index (χ1v) is 6.51. The molecule has 1 amide bonds. The number of rotatable bonds is 1. The first-order valence-electron chi connectivity index (χ1n) is 6.51. The third-order valence-corrected chi connectivity index (χ3v) is 4.52. The summed E-state index contributed by atoms with van der Waals surface area (Å²) in [7, 11) is 0. The molecule has 1 saturated heterocycles. The smallest absolute Gasteiger partial charge is 0.220 e. The molecule has 15 heavy (non-hydrogen) atoms. The van der Waals surface area contributed by atoms with E-state index in [0.29, 0.717) is 5.41 Å². The molecule has 1 N–H and O–H groups in total. The van der Waals surface area contributed by atoms with Gasteiger partial charge in [0.05, 0.1) is 0 Å². The van der Waals surface area contributed by atoms with E-state index in [0.717, 1.165) is 25.3 Å². The summed E-state index contributed by atoms with van der Waals surface area (Å²) < 4.78 is 0. The van der Waals surface area contributed by atoms with Crippen LogP contribution >= 0.6 is 0 Å². The topological polar surface area (TPSA) is 29.1 Å². The van der Waals surface area contributed by atoms with Gasteiger partial charge in [-0.2, -0.15) is 0 Å². The van der Waals surface area contributed by atoms with Crippen molar-refractivity contribution in [1.29, 1.82) is 0 Å². The van der Waals surface area contributed by atoms with Crippen molar-refractivity contribution >= 4 is 5.91 Å². The van der Waals surface area contributed by atoms with Crippen LogP contribution in [0.15, 0.2) is 0 Å².